The van der Waals surface area contributed by atoms with E-state index in [2.05, 4.69) is 24.9 Å². The number of aromatic nitrogens is 5. The fraction of sp³-hybridized carbons (Fsp3) is 0.182. The molecule has 0 bridgehead atoms. The molecule has 0 aliphatic rings. The minimum absolute atomic E-state index is 0.0627. The highest BCUT2D eigenvalue weighted by Crippen LogP contribution is 2.30. The number of benzene rings is 2. The molecule has 0 aliphatic heterocycles. The molecule has 7 nitrogen and oxygen atoms in total. The van der Waals surface area contributed by atoms with Crippen LogP contribution in [0.5, 0.6) is 0 Å². The largest absolute Gasteiger partial charge is 0.593 e. The van der Waals surface area contributed by atoms with E-state index in [0.717, 1.165) is 12.1 Å². The average molecular weight is 489 g/mol. The van der Waals surface area contributed by atoms with Crippen molar-refractivity contribution in [1.29, 1.82) is 0 Å². The molecule has 4 aromatic rings. The van der Waals surface area contributed by atoms with Crippen molar-refractivity contribution < 1.29 is 13.3 Å². The Kier molecular flexibility index (Phi) is 6.87. The molecule has 0 spiro atoms. The zero-order valence-electron chi connectivity index (χ0n) is 17.6. The third-order valence-electron chi connectivity index (χ3n) is 5.14. The van der Waals surface area contributed by atoms with Gasteiger partial charge in [-0.05, 0) is 19.1 Å². The predicted octanol–water partition coefficient (Wildman–Crippen LogP) is 4.92. The Balaban J connectivity index is 1.70. The van der Waals surface area contributed by atoms with Crippen LogP contribution in [-0.2, 0) is 11.4 Å². The van der Waals surface area contributed by atoms with Crippen molar-refractivity contribution in [2.75, 3.05) is 4.72 Å². The van der Waals surface area contributed by atoms with Gasteiger partial charge in [0.05, 0.1) is 22.3 Å². The van der Waals surface area contributed by atoms with E-state index < -0.39 is 28.2 Å². The fourth-order valence-electron chi connectivity index (χ4n) is 3.17. The third-order valence-corrected chi connectivity index (χ3v) is 6.80. The van der Waals surface area contributed by atoms with Gasteiger partial charge in [0.25, 0.3) is 5.95 Å². The number of rotatable bonds is 7. The van der Waals surface area contributed by atoms with Gasteiger partial charge in [0.2, 0.25) is 0 Å². The van der Waals surface area contributed by atoms with Crippen molar-refractivity contribution in [3.8, 4) is 17.1 Å². The maximum atomic E-state index is 14.7. The highest BCUT2D eigenvalue weighted by molar-refractivity contribution is 7.93. The summed E-state index contributed by atoms with van der Waals surface area (Å²) in [6, 6.07) is 12.4. The molecule has 4 rings (SSSR count). The fourth-order valence-corrected chi connectivity index (χ4v) is 4.26. The van der Waals surface area contributed by atoms with E-state index >= 15 is 0 Å². The maximum Gasteiger partial charge on any atom is 0.271 e. The average Bonchev–Trinajstić information content (AvgIpc) is 3.22. The van der Waals surface area contributed by atoms with Crippen molar-refractivity contribution >= 4 is 28.9 Å². The molecule has 33 heavy (non-hydrogen) atoms. The minimum atomic E-state index is -1.72. The van der Waals surface area contributed by atoms with Crippen LogP contribution in [-0.4, -0.2) is 34.5 Å². The molecule has 1 N–H and O–H groups in total. The Morgan fingerprint density at radius 2 is 1.61 bits per heavy atom. The zero-order chi connectivity index (χ0) is 23.5. The van der Waals surface area contributed by atoms with Gasteiger partial charge in [-0.25, -0.2) is 18.7 Å². The van der Waals surface area contributed by atoms with E-state index in [1.54, 1.807) is 31.2 Å². The van der Waals surface area contributed by atoms with Crippen LogP contribution in [0.3, 0.4) is 0 Å². The van der Waals surface area contributed by atoms with Crippen LogP contribution in [0.25, 0.3) is 17.1 Å². The van der Waals surface area contributed by atoms with E-state index in [1.807, 2.05) is 13.0 Å². The molecular weight excluding hydrogens is 470 g/mol. The molecule has 3 atom stereocenters. The maximum absolute atomic E-state index is 14.7. The molecule has 0 fully saturated rings. The first-order valence-corrected chi connectivity index (χ1v) is 11.6. The lowest BCUT2D eigenvalue weighted by Gasteiger charge is -2.22. The van der Waals surface area contributed by atoms with E-state index in [9.17, 15) is 13.3 Å². The molecule has 0 amide bonds. The Labute approximate surface area is 197 Å². The van der Waals surface area contributed by atoms with Crippen molar-refractivity contribution in [2.24, 2.45) is 0 Å². The van der Waals surface area contributed by atoms with E-state index in [1.165, 1.54) is 23.0 Å². The van der Waals surface area contributed by atoms with Gasteiger partial charge in [0, 0.05) is 18.0 Å². The van der Waals surface area contributed by atoms with Gasteiger partial charge < -0.3 is 4.55 Å². The number of anilines is 1. The van der Waals surface area contributed by atoms with Crippen molar-refractivity contribution in [3.05, 3.63) is 83.4 Å². The first-order chi connectivity index (χ1) is 15.9. The topological polar surface area (TPSA) is 91.6 Å². The Morgan fingerprint density at radius 3 is 2.24 bits per heavy atom. The standard InChI is InChI=1S/C22H19ClF2N6OS/c1-13(20-26-11-16(23)12-27-20)14(2)33(32)30-22-29-28-21(15-7-4-3-5-8-15)31(22)19-17(24)9-6-10-18(19)25/h3-14H,1-2H3,(H,29,30). The van der Waals surface area contributed by atoms with Crippen LogP contribution in [0.2, 0.25) is 5.02 Å². The number of nitrogens with one attached hydrogen (secondary N) is 1. The lowest BCUT2D eigenvalue weighted by Crippen LogP contribution is -2.31. The Morgan fingerprint density at radius 1 is 0.970 bits per heavy atom. The van der Waals surface area contributed by atoms with Crippen LogP contribution >= 0.6 is 11.6 Å². The second-order valence-corrected chi connectivity index (χ2v) is 9.25. The van der Waals surface area contributed by atoms with Gasteiger partial charge in [-0.15, -0.1) is 10.2 Å². The Hall–Kier alpha value is -3.08. The molecule has 2 aromatic carbocycles. The first kappa shape index (κ1) is 23.1. The molecule has 11 heteroatoms. The van der Waals surface area contributed by atoms with Gasteiger partial charge in [-0.3, -0.25) is 4.57 Å². The summed E-state index contributed by atoms with van der Waals surface area (Å²) in [6.45, 7) is 3.57. The van der Waals surface area contributed by atoms with E-state index in [4.69, 9.17) is 11.6 Å². The molecule has 0 aliphatic carbocycles. The second kappa shape index (κ2) is 9.82. The molecule has 2 aromatic heterocycles. The molecule has 170 valence electrons. The van der Waals surface area contributed by atoms with Crippen molar-refractivity contribution in [2.45, 2.75) is 25.0 Å². The summed E-state index contributed by atoms with van der Waals surface area (Å²) >= 11 is 4.12. The van der Waals surface area contributed by atoms with E-state index in [-0.39, 0.29) is 23.4 Å². The van der Waals surface area contributed by atoms with Gasteiger partial charge >= 0.3 is 0 Å². The molecule has 0 saturated heterocycles. The molecule has 0 saturated carbocycles. The van der Waals surface area contributed by atoms with Crippen molar-refractivity contribution in [1.82, 2.24) is 24.7 Å². The Bertz CT molecular complexity index is 1220. The number of nitrogens with zero attached hydrogens (tertiary/aromatic N) is 5. The number of halogens is 3. The summed E-state index contributed by atoms with van der Waals surface area (Å²) in [5.74, 6) is -1.33. The quantitative estimate of drug-likeness (QED) is 0.371. The molecule has 3 unspecified atom stereocenters. The van der Waals surface area contributed by atoms with Gasteiger partial charge in [0.15, 0.2) is 5.82 Å². The summed E-state index contributed by atoms with van der Waals surface area (Å²) in [5, 5.41) is 8.07. The SMILES string of the molecule is CC(c1ncc(Cl)cn1)C(C)[S+]([O-])Nc1nnc(-c2ccccc2)n1-c1c(F)cccc1F. The zero-order valence-corrected chi connectivity index (χ0v) is 19.2. The highest BCUT2D eigenvalue weighted by Gasteiger charge is 2.31. The molecule has 2 heterocycles. The minimum Gasteiger partial charge on any atom is -0.593 e. The normalized spacial score (nSPS) is 14.0. The smallest absolute Gasteiger partial charge is 0.271 e. The molecular formula is C22H19ClF2N6OS. The van der Waals surface area contributed by atoms with Crippen LogP contribution in [0.4, 0.5) is 14.7 Å². The number of para-hydroxylation sites is 1. The summed E-state index contributed by atoms with van der Waals surface area (Å²) in [6.07, 6.45) is 2.93. The van der Waals surface area contributed by atoms with Crippen LogP contribution in [0, 0.1) is 11.6 Å². The third kappa shape index (κ3) is 4.82. The summed E-state index contributed by atoms with van der Waals surface area (Å²) in [4.78, 5) is 8.37. The van der Waals surface area contributed by atoms with E-state index in [0.29, 0.717) is 16.4 Å². The van der Waals surface area contributed by atoms with Gasteiger partial charge in [-0.1, -0.05) is 54.9 Å². The lowest BCUT2D eigenvalue weighted by atomic mass is 10.1. The second-order valence-electron chi connectivity index (χ2n) is 7.27. The van der Waals surface area contributed by atoms with Crippen LogP contribution < -0.4 is 4.72 Å². The van der Waals surface area contributed by atoms with Gasteiger partial charge in [0.1, 0.15) is 28.4 Å². The monoisotopic (exact) mass is 488 g/mol. The number of hydrogen-bond acceptors (Lipinski definition) is 6. The summed E-state index contributed by atoms with van der Waals surface area (Å²) in [5.41, 5.74) is 0.213. The predicted molar refractivity (Wildman–Crippen MR) is 123 cm³/mol. The van der Waals surface area contributed by atoms with Crippen LogP contribution in [0.15, 0.2) is 60.9 Å². The molecule has 0 radical (unpaired) electrons. The lowest BCUT2D eigenvalue weighted by molar-refractivity contribution is 0.564. The highest BCUT2D eigenvalue weighted by atomic mass is 35.5. The first-order valence-electron chi connectivity index (χ1n) is 9.96. The van der Waals surface area contributed by atoms with Crippen LogP contribution in [0.1, 0.15) is 25.6 Å². The van der Waals surface area contributed by atoms with Gasteiger partial charge in [-0.2, -0.15) is 4.72 Å². The summed E-state index contributed by atoms with van der Waals surface area (Å²) in [7, 11) is 0. The number of hydrogen-bond donors (Lipinski definition) is 1. The summed E-state index contributed by atoms with van der Waals surface area (Å²) < 4.78 is 46.5. The van der Waals surface area contributed by atoms with Crippen molar-refractivity contribution in [3.63, 3.8) is 0 Å².